The van der Waals surface area contributed by atoms with Crippen LogP contribution < -0.4 is 0 Å². The first-order valence-electron chi connectivity index (χ1n) is 3.83. The zero-order chi connectivity index (χ0) is 11.5. The highest BCUT2D eigenvalue weighted by Gasteiger charge is 2.39. The predicted octanol–water partition coefficient (Wildman–Crippen LogP) is 2.64. The molecule has 8 heteroatoms. The maximum atomic E-state index is 12.2. The van der Waals surface area contributed by atoms with E-state index in [4.69, 9.17) is 5.26 Å². The highest BCUT2D eigenvalue weighted by atomic mass is 32.2. The van der Waals surface area contributed by atoms with E-state index in [1.807, 2.05) is 0 Å². The van der Waals surface area contributed by atoms with Crippen molar-refractivity contribution in [1.29, 1.82) is 5.26 Å². The second-order valence-corrected chi connectivity index (χ2v) is 4.66. The van der Waals surface area contributed by atoms with Crippen molar-refractivity contribution in [2.45, 2.75) is 17.4 Å². The number of halogens is 3. The molecule has 1 heterocycles. The van der Waals surface area contributed by atoms with Gasteiger partial charge in [-0.3, -0.25) is 0 Å². The summed E-state index contributed by atoms with van der Waals surface area (Å²) >= 11 is 1.94. The van der Waals surface area contributed by atoms with Gasteiger partial charge in [-0.05, 0) is 18.5 Å². The van der Waals surface area contributed by atoms with Gasteiger partial charge in [0.1, 0.15) is 5.82 Å². The lowest BCUT2D eigenvalue weighted by molar-refractivity contribution is -0.152. The van der Waals surface area contributed by atoms with Crippen molar-refractivity contribution < 1.29 is 13.2 Å². The lowest BCUT2D eigenvalue weighted by atomic mass is 10.2. The van der Waals surface area contributed by atoms with Gasteiger partial charge in [0.05, 0.1) is 6.07 Å². The summed E-state index contributed by atoms with van der Waals surface area (Å²) in [4.78, 5) is 3.89. The number of alkyl halides is 3. The van der Waals surface area contributed by atoms with Crippen LogP contribution >= 0.6 is 23.3 Å². The zero-order valence-corrected chi connectivity index (χ0v) is 9.21. The van der Waals surface area contributed by atoms with Gasteiger partial charge in [0.15, 0.2) is 10.3 Å². The first-order chi connectivity index (χ1) is 6.93. The van der Waals surface area contributed by atoms with Crippen molar-refractivity contribution in [2.24, 2.45) is 5.92 Å². The lowest BCUT2D eigenvalue weighted by Crippen LogP contribution is -2.23. The fourth-order valence-electron chi connectivity index (χ4n) is 0.696. The Labute approximate surface area is 92.5 Å². The Morgan fingerprint density at radius 1 is 1.60 bits per heavy atom. The molecule has 0 radical (unpaired) electrons. The summed E-state index contributed by atoms with van der Waals surface area (Å²) in [5.41, 5.74) is 0. The van der Waals surface area contributed by atoms with Gasteiger partial charge < -0.3 is 0 Å². The highest BCUT2D eigenvalue weighted by Crippen LogP contribution is 2.31. The first-order valence-corrected chi connectivity index (χ1v) is 5.59. The van der Waals surface area contributed by atoms with Gasteiger partial charge in [0, 0.05) is 5.75 Å². The molecular formula is C7H6F3N3S2. The Morgan fingerprint density at radius 2 is 2.27 bits per heavy atom. The largest absolute Gasteiger partial charge is 0.405 e. The van der Waals surface area contributed by atoms with Crippen molar-refractivity contribution in [3.05, 3.63) is 5.82 Å². The average Bonchev–Trinajstić information content (AvgIpc) is 2.50. The standard InChI is InChI=1S/C7H6F3N3S2/c1-4-12-6(15-13-4)14-3-5(2-11)7(8,9)10/h5H,3H2,1H3. The van der Waals surface area contributed by atoms with Gasteiger partial charge in [-0.2, -0.15) is 22.8 Å². The van der Waals surface area contributed by atoms with E-state index in [-0.39, 0.29) is 5.75 Å². The van der Waals surface area contributed by atoms with Crippen molar-refractivity contribution in [2.75, 3.05) is 5.75 Å². The Kier molecular flexibility index (Phi) is 3.93. The molecule has 0 spiro atoms. The van der Waals surface area contributed by atoms with Crippen molar-refractivity contribution in [3.8, 4) is 6.07 Å². The molecular weight excluding hydrogens is 247 g/mol. The predicted molar refractivity (Wildman–Crippen MR) is 50.5 cm³/mol. The van der Waals surface area contributed by atoms with E-state index in [2.05, 4.69) is 9.36 Å². The maximum absolute atomic E-state index is 12.2. The molecule has 0 aromatic carbocycles. The number of nitriles is 1. The molecule has 15 heavy (non-hydrogen) atoms. The molecule has 1 aromatic heterocycles. The summed E-state index contributed by atoms with van der Waals surface area (Å²) in [7, 11) is 0. The topological polar surface area (TPSA) is 49.6 Å². The average molecular weight is 253 g/mol. The minimum atomic E-state index is -4.47. The molecule has 0 aliphatic heterocycles. The van der Waals surface area contributed by atoms with Crippen molar-refractivity contribution >= 4 is 23.3 Å². The van der Waals surface area contributed by atoms with Crippen LogP contribution in [0.3, 0.4) is 0 Å². The van der Waals surface area contributed by atoms with E-state index < -0.39 is 12.1 Å². The summed E-state index contributed by atoms with van der Waals surface area (Å²) in [6, 6.07) is 1.23. The Morgan fingerprint density at radius 3 is 2.67 bits per heavy atom. The molecule has 0 bridgehead atoms. The number of hydrogen-bond donors (Lipinski definition) is 0. The third-order valence-electron chi connectivity index (χ3n) is 1.43. The summed E-state index contributed by atoms with van der Waals surface area (Å²) in [6.45, 7) is 1.66. The molecule has 0 aliphatic carbocycles. The zero-order valence-electron chi connectivity index (χ0n) is 7.58. The van der Waals surface area contributed by atoms with E-state index in [1.54, 1.807) is 6.92 Å². The lowest BCUT2D eigenvalue weighted by Gasteiger charge is -2.10. The Bertz CT molecular complexity index is 368. The number of nitrogens with zero attached hydrogens (tertiary/aromatic N) is 3. The molecule has 1 rings (SSSR count). The van der Waals surface area contributed by atoms with Crippen LogP contribution in [0.4, 0.5) is 13.2 Å². The van der Waals surface area contributed by atoms with Crippen LogP contribution in [-0.2, 0) is 0 Å². The third kappa shape index (κ3) is 3.68. The molecule has 0 N–H and O–H groups in total. The van der Waals surface area contributed by atoms with Crippen LogP contribution in [0.2, 0.25) is 0 Å². The first kappa shape index (κ1) is 12.3. The second kappa shape index (κ2) is 4.81. The molecule has 0 aliphatic rings. The second-order valence-electron chi connectivity index (χ2n) is 2.64. The summed E-state index contributed by atoms with van der Waals surface area (Å²) in [5, 5.41) is 8.33. The molecule has 82 valence electrons. The van der Waals surface area contributed by atoms with Gasteiger partial charge in [-0.1, -0.05) is 11.8 Å². The van der Waals surface area contributed by atoms with E-state index in [0.29, 0.717) is 10.2 Å². The van der Waals surface area contributed by atoms with Gasteiger partial charge >= 0.3 is 6.18 Å². The number of hydrogen-bond acceptors (Lipinski definition) is 5. The van der Waals surface area contributed by atoms with Crippen LogP contribution in [0.1, 0.15) is 5.82 Å². The van der Waals surface area contributed by atoms with Gasteiger partial charge in [0.25, 0.3) is 0 Å². The molecule has 0 amide bonds. The quantitative estimate of drug-likeness (QED) is 0.777. The minimum absolute atomic E-state index is 0.339. The highest BCUT2D eigenvalue weighted by molar-refractivity contribution is 8.00. The monoisotopic (exact) mass is 253 g/mol. The SMILES string of the molecule is Cc1nsc(SCC(C#N)C(F)(F)F)n1. The normalized spacial score (nSPS) is 13.5. The Hall–Kier alpha value is -0.810. The molecule has 1 unspecified atom stereocenters. The number of rotatable bonds is 3. The van der Waals surface area contributed by atoms with Gasteiger partial charge in [0.2, 0.25) is 0 Å². The fourth-order valence-corrected chi connectivity index (χ4v) is 2.42. The van der Waals surface area contributed by atoms with Gasteiger partial charge in [-0.15, -0.1) is 0 Å². The van der Waals surface area contributed by atoms with Gasteiger partial charge in [-0.25, -0.2) is 4.98 Å². The van der Waals surface area contributed by atoms with E-state index in [0.717, 1.165) is 23.3 Å². The van der Waals surface area contributed by atoms with Crippen LogP contribution in [0, 0.1) is 24.2 Å². The third-order valence-corrected chi connectivity index (χ3v) is 3.45. The molecule has 0 fully saturated rings. The molecule has 3 nitrogen and oxygen atoms in total. The van der Waals surface area contributed by atoms with Crippen molar-refractivity contribution in [1.82, 2.24) is 9.36 Å². The molecule has 0 saturated heterocycles. The van der Waals surface area contributed by atoms with E-state index >= 15 is 0 Å². The molecule has 0 saturated carbocycles. The smallest absolute Gasteiger partial charge is 0.213 e. The molecule has 1 aromatic rings. The van der Waals surface area contributed by atoms with Crippen LogP contribution in [-0.4, -0.2) is 21.3 Å². The van der Waals surface area contributed by atoms with Crippen LogP contribution in [0.5, 0.6) is 0 Å². The Balaban J connectivity index is 2.53. The van der Waals surface area contributed by atoms with E-state index in [1.165, 1.54) is 6.07 Å². The summed E-state index contributed by atoms with van der Waals surface area (Å²) in [6.07, 6.45) is -4.47. The summed E-state index contributed by atoms with van der Waals surface area (Å²) < 4.78 is 40.8. The molecule has 1 atom stereocenters. The number of aromatic nitrogens is 2. The minimum Gasteiger partial charge on any atom is -0.213 e. The van der Waals surface area contributed by atoms with Crippen molar-refractivity contribution in [3.63, 3.8) is 0 Å². The van der Waals surface area contributed by atoms with Crippen LogP contribution in [0.25, 0.3) is 0 Å². The fraction of sp³-hybridized carbons (Fsp3) is 0.571. The number of aryl methyl sites for hydroxylation is 1. The summed E-state index contributed by atoms with van der Waals surface area (Å²) in [5.74, 6) is -1.76. The van der Waals surface area contributed by atoms with E-state index in [9.17, 15) is 13.2 Å². The number of thioether (sulfide) groups is 1. The van der Waals surface area contributed by atoms with Crippen LogP contribution in [0.15, 0.2) is 4.34 Å². The maximum Gasteiger partial charge on any atom is 0.405 e.